The summed E-state index contributed by atoms with van der Waals surface area (Å²) in [5, 5.41) is 0. The van der Waals surface area contributed by atoms with E-state index in [0.29, 0.717) is 5.96 Å². The van der Waals surface area contributed by atoms with Gasteiger partial charge in [0.05, 0.1) is 0 Å². The molecule has 1 heterocycles. The van der Waals surface area contributed by atoms with E-state index in [0.717, 1.165) is 45.7 Å². The predicted molar refractivity (Wildman–Crippen MR) is 110 cm³/mol. The van der Waals surface area contributed by atoms with Crippen LogP contribution >= 0.6 is 24.0 Å². The Morgan fingerprint density at radius 3 is 2.52 bits per heavy atom. The minimum absolute atomic E-state index is 0. The second kappa shape index (κ2) is 9.97. The molecule has 0 aromatic heterocycles. The number of guanidine groups is 1. The fourth-order valence-corrected chi connectivity index (χ4v) is 2.68. The van der Waals surface area contributed by atoms with Crippen LogP contribution < -0.4 is 10.6 Å². The van der Waals surface area contributed by atoms with Crippen molar-refractivity contribution in [2.75, 3.05) is 58.3 Å². The van der Waals surface area contributed by atoms with Crippen molar-refractivity contribution < 1.29 is 0 Å². The summed E-state index contributed by atoms with van der Waals surface area (Å²) in [4.78, 5) is 11.2. The standard InChI is InChI=1S/C17H29N5.HI/c1-15-6-4-7-16(14-15)22-12-10-21(11-13-22)9-5-8-19-17(18)20(2)3;/h4,6-7,14H,5,8-13H2,1-3H3,(H2,18,19);1H. The summed E-state index contributed by atoms with van der Waals surface area (Å²) in [5.41, 5.74) is 8.47. The van der Waals surface area contributed by atoms with Gasteiger partial charge < -0.3 is 15.5 Å². The van der Waals surface area contributed by atoms with Crippen LogP contribution in [0.1, 0.15) is 12.0 Å². The van der Waals surface area contributed by atoms with Crippen LogP contribution in [0.25, 0.3) is 0 Å². The first-order valence-corrected chi connectivity index (χ1v) is 8.07. The Balaban J connectivity index is 0.00000264. The number of aryl methyl sites for hydroxylation is 1. The second-order valence-electron chi connectivity index (χ2n) is 6.16. The molecule has 23 heavy (non-hydrogen) atoms. The van der Waals surface area contributed by atoms with Crippen LogP contribution in [0, 0.1) is 6.92 Å². The molecule has 2 rings (SSSR count). The molecule has 6 heteroatoms. The van der Waals surface area contributed by atoms with E-state index in [9.17, 15) is 0 Å². The van der Waals surface area contributed by atoms with Crippen molar-refractivity contribution in [3.05, 3.63) is 29.8 Å². The van der Waals surface area contributed by atoms with Crippen molar-refractivity contribution >= 4 is 35.6 Å². The minimum atomic E-state index is 0. The number of aliphatic imine (C=N–C) groups is 1. The number of rotatable bonds is 5. The Kier molecular flexibility index (Phi) is 8.68. The van der Waals surface area contributed by atoms with Crippen molar-refractivity contribution in [1.29, 1.82) is 0 Å². The van der Waals surface area contributed by atoms with E-state index >= 15 is 0 Å². The SMILES string of the molecule is Cc1cccc(N2CCN(CCCN=C(N)N(C)C)CC2)c1.I. The summed E-state index contributed by atoms with van der Waals surface area (Å²) in [7, 11) is 3.84. The fourth-order valence-electron chi connectivity index (χ4n) is 2.68. The molecule has 0 atom stereocenters. The van der Waals surface area contributed by atoms with Gasteiger partial charge >= 0.3 is 0 Å². The summed E-state index contributed by atoms with van der Waals surface area (Å²) in [6.45, 7) is 8.52. The summed E-state index contributed by atoms with van der Waals surface area (Å²) in [6, 6.07) is 8.78. The lowest BCUT2D eigenvalue weighted by molar-refractivity contribution is 0.256. The van der Waals surface area contributed by atoms with Crippen LogP contribution in [0.15, 0.2) is 29.3 Å². The van der Waals surface area contributed by atoms with Gasteiger partial charge in [-0.3, -0.25) is 9.89 Å². The molecule has 5 nitrogen and oxygen atoms in total. The van der Waals surface area contributed by atoms with E-state index in [-0.39, 0.29) is 24.0 Å². The molecule has 1 aliphatic rings. The third-order valence-corrected chi connectivity index (χ3v) is 4.10. The van der Waals surface area contributed by atoms with Gasteiger partial charge in [0.15, 0.2) is 5.96 Å². The molecular formula is C17H30IN5. The van der Waals surface area contributed by atoms with Crippen LogP contribution in [0.3, 0.4) is 0 Å². The number of hydrogen-bond acceptors (Lipinski definition) is 3. The maximum Gasteiger partial charge on any atom is 0.190 e. The van der Waals surface area contributed by atoms with Crippen LogP contribution in [-0.2, 0) is 0 Å². The van der Waals surface area contributed by atoms with E-state index in [2.05, 4.69) is 46.0 Å². The highest BCUT2D eigenvalue weighted by Crippen LogP contribution is 2.17. The Morgan fingerprint density at radius 1 is 1.22 bits per heavy atom. The molecule has 130 valence electrons. The van der Waals surface area contributed by atoms with Crippen LogP contribution in [0.2, 0.25) is 0 Å². The quantitative estimate of drug-likeness (QED) is 0.336. The van der Waals surface area contributed by atoms with Gasteiger partial charge in [-0.1, -0.05) is 12.1 Å². The first-order valence-electron chi connectivity index (χ1n) is 8.07. The maximum atomic E-state index is 5.79. The molecule has 1 aromatic carbocycles. The first-order chi connectivity index (χ1) is 10.6. The van der Waals surface area contributed by atoms with Gasteiger partial charge in [0.25, 0.3) is 0 Å². The zero-order valence-corrected chi connectivity index (χ0v) is 16.9. The highest BCUT2D eigenvalue weighted by Gasteiger charge is 2.16. The monoisotopic (exact) mass is 431 g/mol. The largest absolute Gasteiger partial charge is 0.370 e. The van der Waals surface area contributed by atoms with Crippen molar-refractivity contribution in [2.45, 2.75) is 13.3 Å². The second-order valence-corrected chi connectivity index (χ2v) is 6.16. The Morgan fingerprint density at radius 2 is 1.91 bits per heavy atom. The lowest BCUT2D eigenvalue weighted by Gasteiger charge is -2.36. The molecular weight excluding hydrogens is 401 g/mol. The van der Waals surface area contributed by atoms with Gasteiger partial charge in [-0.2, -0.15) is 0 Å². The number of halogens is 1. The Bertz CT molecular complexity index is 496. The van der Waals surface area contributed by atoms with E-state index in [1.165, 1.54) is 11.3 Å². The Hall–Kier alpha value is -1.02. The van der Waals surface area contributed by atoms with Gasteiger partial charge in [0.2, 0.25) is 0 Å². The van der Waals surface area contributed by atoms with Crippen molar-refractivity contribution in [3.8, 4) is 0 Å². The molecule has 1 saturated heterocycles. The third-order valence-electron chi connectivity index (χ3n) is 4.10. The number of piperazine rings is 1. The average Bonchev–Trinajstić information content (AvgIpc) is 2.52. The van der Waals surface area contributed by atoms with Gasteiger partial charge in [0.1, 0.15) is 0 Å². The summed E-state index contributed by atoms with van der Waals surface area (Å²) < 4.78 is 0. The molecule has 1 aromatic rings. The summed E-state index contributed by atoms with van der Waals surface area (Å²) in [5.74, 6) is 0.615. The first kappa shape index (κ1) is 20.0. The molecule has 0 amide bonds. The van der Waals surface area contributed by atoms with Gasteiger partial charge in [-0.15, -0.1) is 24.0 Å². The normalized spacial score (nSPS) is 16.1. The van der Waals surface area contributed by atoms with E-state index in [1.807, 2.05) is 19.0 Å². The number of nitrogens with zero attached hydrogens (tertiary/aromatic N) is 4. The van der Waals surface area contributed by atoms with Gasteiger partial charge in [-0.05, 0) is 31.0 Å². The molecule has 0 bridgehead atoms. The number of nitrogens with two attached hydrogens (primary N) is 1. The molecule has 0 spiro atoms. The highest BCUT2D eigenvalue weighted by molar-refractivity contribution is 14.0. The van der Waals surface area contributed by atoms with Crippen molar-refractivity contribution in [1.82, 2.24) is 9.80 Å². The molecule has 2 N–H and O–H groups in total. The van der Waals surface area contributed by atoms with Crippen LogP contribution in [-0.4, -0.2) is 69.1 Å². The molecule has 0 unspecified atom stereocenters. The maximum absolute atomic E-state index is 5.79. The zero-order chi connectivity index (χ0) is 15.9. The highest BCUT2D eigenvalue weighted by atomic mass is 127. The predicted octanol–water partition coefficient (Wildman–Crippen LogP) is 2.00. The molecule has 0 radical (unpaired) electrons. The van der Waals surface area contributed by atoms with Crippen molar-refractivity contribution in [3.63, 3.8) is 0 Å². The average molecular weight is 431 g/mol. The fraction of sp³-hybridized carbons (Fsp3) is 0.588. The van der Waals surface area contributed by atoms with E-state index in [4.69, 9.17) is 5.73 Å². The molecule has 0 saturated carbocycles. The molecule has 1 aliphatic heterocycles. The molecule has 1 fully saturated rings. The zero-order valence-electron chi connectivity index (χ0n) is 14.5. The number of hydrogen-bond donors (Lipinski definition) is 1. The van der Waals surface area contributed by atoms with Crippen LogP contribution in [0.5, 0.6) is 0 Å². The lowest BCUT2D eigenvalue weighted by Crippen LogP contribution is -2.46. The number of benzene rings is 1. The summed E-state index contributed by atoms with van der Waals surface area (Å²) >= 11 is 0. The van der Waals surface area contributed by atoms with Gasteiger partial charge in [-0.25, -0.2) is 0 Å². The van der Waals surface area contributed by atoms with Crippen LogP contribution in [0.4, 0.5) is 5.69 Å². The topological polar surface area (TPSA) is 48.1 Å². The summed E-state index contributed by atoms with van der Waals surface area (Å²) in [6.07, 6.45) is 1.07. The van der Waals surface area contributed by atoms with E-state index in [1.54, 1.807) is 0 Å². The third kappa shape index (κ3) is 6.55. The Labute approximate surface area is 157 Å². The molecule has 0 aliphatic carbocycles. The van der Waals surface area contributed by atoms with E-state index < -0.39 is 0 Å². The number of anilines is 1. The smallest absolute Gasteiger partial charge is 0.190 e. The minimum Gasteiger partial charge on any atom is -0.370 e. The van der Waals surface area contributed by atoms with Crippen molar-refractivity contribution in [2.24, 2.45) is 10.7 Å². The lowest BCUT2D eigenvalue weighted by atomic mass is 10.2. The van der Waals surface area contributed by atoms with Gasteiger partial charge in [0, 0.05) is 59.1 Å².